The molecule has 5 atom stereocenters. The summed E-state index contributed by atoms with van der Waals surface area (Å²) >= 11 is 0. The van der Waals surface area contributed by atoms with Crippen LogP contribution in [0.5, 0.6) is 5.75 Å². The molecular formula is C19H23N5O5. The number of imidazole rings is 1. The van der Waals surface area contributed by atoms with E-state index < -0.39 is 31.1 Å². The van der Waals surface area contributed by atoms with Crippen molar-refractivity contribution < 1.29 is 25.2 Å². The third kappa shape index (κ3) is 3.51. The Hall–Kier alpha value is -2.79. The molecule has 1 aromatic carbocycles. The number of hydrogen-bond donors (Lipinski definition) is 5. The molecule has 1 aliphatic heterocycles. The minimum Gasteiger partial charge on any atom is -0.508 e. The number of aliphatic hydroxyl groups is 3. The number of fused-ring (bicyclic) bond motifs is 1. The number of phenolic OH excluding ortho intramolecular Hbond substituents is 1. The molecule has 5 N–H and O–H groups in total. The molecule has 1 fully saturated rings. The lowest BCUT2D eigenvalue weighted by atomic mass is 10.0. The number of aliphatic hydroxyl groups excluding tert-OH is 3. The number of nitrogens with one attached hydrogen (secondary N) is 1. The Bertz CT molecular complexity index is 979. The fourth-order valence-electron chi connectivity index (χ4n) is 3.55. The van der Waals surface area contributed by atoms with Crippen molar-refractivity contribution in [2.75, 3.05) is 11.9 Å². The van der Waals surface area contributed by atoms with E-state index in [1.807, 2.05) is 19.1 Å². The first-order valence-electron chi connectivity index (χ1n) is 9.39. The molecular weight excluding hydrogens is 378 g/mol. The molecule has 0 radical (unpaired) electrons. The maximum absolute atomic E-state index is 10.3. The van der Waals surface area contributed by atoms with Gasteiger partial charge in [-0.25, -0.2) is 15.0 Å². The Morgan fingerprint density at radius 1 is 1.14 bits per heavy atom. The number of ether oxygens (including phenoxy) is 1. The number of phenols is 1. The summed E-state index contributed by atoms with van der Waals surface area (Å²) in [6.07, 6.45) is -0.622. The van der Waals surface area contributed by atoms with E-state index in [1.165, 1.54) is 17.2 Å². The molecule has 0 aliphatic carbocycles. The second kappa shape index (κ2) is 7.91. The summed E-state index contributed by atoms with van der Waals surface area (Å²) in [7, 11) is 0. The van der Waals surface area contributed by atoms with Gasteiger partial charge in [0.2, 0.25) is 0 Å². The van der Waals surface area contributed by atoms with E-state index in [2.05, 4.69) is 20.3 Å². The van der Waals surface area contributed by atoms with Gasteiger partial charge in [0.1, 0.15) is 30.4 Å². The van der Waals surface area contributed by atoms with Crippen LogP contribution >= 0.6 is 0 Å². The van der Waals surface area contributed by atoms with Crippen molar-refractivity contribution in [2.45, 2.75) is 43.9 Å². The van der Waals surface area contributed by atoms with Crippen LogP contribution in [0.15, 0.2) is 36.9 Å². The van der Waals surface area contributed by atoms with Gasteiger partial charge in [-0.05, 0) is 24.1 Å². The van der Waals surface area contributed by atoms with Gasteiger partial charge >= 0.3 is 0 Å². The molecule has 154 valence electrons. The van der Waals surface area contributed by atoms with Crippen LogP contribution in [0.25, 0.3) is 11.2 Å². The Morgan fingerprint density at radius 3 is 2.55 bits per heavy atom. The predicted octanol–water partition coefficient (Wildman–Crippen LogP) is 0.707. The van der Waals surface area contributed by atoms with E-state index in [4.69, 9.17) is 4.74 Å². The van der Waals surface area contributed by atoms with Crippen molar-refractivity contribution >= 4 is 17.0 Å². The zero-order valence-corrected chi connectivity index (χ0v) is 15.8. The Balaban J connectivity index is 1.65. The third-order valence-electron chi connectivity index (χ3n) is 5.16. The van der Waals surface area contributed by atoms with E-state index >= 15 is 0 Å². The van der Waals surface area contributed by atoms with Crippen LogP contribution in [-0.4, -0.2) is 64.9 Å². The van der Waals surface area contributed by atoms with Gasteiger partial charge < -0.3 is 30.5 Å². The second-order valence-corrected chi connectivity index (χ2v) is 6.97. The van der Waals surface area contributed by atoms with Crippen molar-refractivity contribution in [3.05, 3.63) is 42.5 Å². The average Bonchev–Trinajstić information content (AvgIpc) is 3.28. The number of aromatic hydroxyl groups is 1. The van der Waals surface area contributed by atoms with Gasteiger partial charge in [0.25, 0.3) is 0 Å². The van der Waals surface area contributed by atoms with Crippen LogP contribution in [-0.2, 0) is 4.74 Å². The van der Waals surface area contributed by atoms with E-state index in [0.29, 0.717) is 17.0 Å². The van der Waals surface area contributed by atoms with E-state index in [-0.39, 0.29) is 11.8 Å². The molecule has 10 nitrogen and oxygen atoms in total. The lowest BCUT2D eigenvalue weighted by molar-refractivity contribution is -0.0511. The van der Waals surface area contributed by atoms with Crippen molar-refractivity contribution in [3.8, 4) is 5.75 Å². The molecule has 0 amide bonds. The van der Waals surface area contributed by atoms with Crippen LogP contribution in [0.1, 0.15) is 31.2 Å². The first-order chi connectivity index (χ1) is 14.0. The molecule has 1 aliphatic rings. The lowest BCUT2D eigenvalue weighted by Crippen LogP contribution is -2.33. The van der Waals surface area contributed by atoms with Gasteiger partial charge in [0.15, 0.2) is 23.2 Å². The molecule has 1 saturated heterocycles. The van der Waals surface area contributed by atoms with Crippen LogP contribution in [0.2, 0.25) is 0 Å². The van der Waals surface area contributed by atoms with Gasteiger partial charge in [-0.15, -0.1) is 0 Å². The molecule has 3 heterocycles. The molecule has 3 aromatic rings. The fourth-order valence-corrected chi connectivity index (χ4v) is 3.55. The summed E-state index contributed by atoms with van der Waals surface area (Å²) in [5.74, 6) is 0.714. The zero-order valence-electron chi connectivity index (χ0n) is 15.8. The SMILES string of the molecule is CCC(Nc1ncnc2c1ncn2[C@@H]1O[C@H](CO)C(O)C1O)c1ccc(O)cc1. The van der Waals surface area contributed by atoms with Crippen LogP contribution in [0, 0.1) is 0 Å². The molecule has 4 rings (SSSR count). The lowest BCUT2D eigenvalue weighted by Gasteiger charge is -2.19. The molecule has 10 heteroatoms. The van der Waals surface area contributed by atoms with Crippen molar-refractivity contribution in [1.82, 2.24) is 19.5 Å². The first-order valence-corrected chi connectivity index (χ1v) is 9.39. The standard InChI is InChI=1S/C19H23N5O5/c1-2-12(10-3-5-11(26)6-4-10)23-17-14-18(21-8-20-17)24(9-22-14)19-16(28)15(27)13(7-25)29-19/h3-6,8-9,12-13,15-16,19,25-28H,2,7H2,1H3,(H,20,21,23)/t12?,13-,15?,16?,19-/m1/s1. The number of hydrogen-bond acceptors (Lipinski definition) is 9. The normalized spacial score (nSPS) is 25.4. The Morgan fingerprint density at radius 2 is 1.90 bits per heavy atom. The van der Waals surface area contributed by atoms with E-state index in [0.717, 1.165) is 12.0 Å². The minimum atomic E-state index is -1.23. The summed E-state index contributed by atoms with van der Waals surface area (Å²) in [6, 6.07) is 6.88. The monoisotopic (exact) mass is 401 g/mol. The summed E-state index contributed by atoms with van der Waals surface area (Å²) in [4.78, 5) is 12.9. The third-order valence-corrected chi connectivity index (χ3v) is 5.16. The maximum Gasteiger partial charge on any atom is 0.167 e. The quantitative estimate of drug-likeness (QED) is 0.403. The van der Waals surface area contributed by atoms with E-state index in [1.54, 1.807) is 12.1 Å². The molecule has 29 heavy (non-hydrogen) atoms. The van der Waals surface area contributed by atoms with Gasteiger partial charge in [0.05, 0.1) is 19.0 Å². The second-order valence-electron chi connectivity index (χ2n) is 6.97. The number of nitrogens with zero attached hydrogens (tertiary/aromatic N) is 4. The molecule has 2 aromatic heterocycles. The predicted molar refractivity (Wildman–Crippen MR) is 103 cm³/mol. The number of rotatable bonds is 6. The van der Waals surface area contributed by atoms with Crippen molar-refractivity contribution in [2.24, 2.45) is 0 Å². The van der Waals surface area contributed by atoms with E-state index in [9.17, 15) is 20.4 Å². The Labute approximate surface area is 166 Å². The van der Waals surface area contributed by atoms with Crippen LogP contribution in [0.4, 0.5) is 5.82 Å². The summed E-state index contributed by atoms with van der Waals surface area (Å²) in [5, 5.41) is 42.5. The molecule has 0 spiro atoms. The first kappa shape index (κ1) is 19.5. The van der Waals surface area contributed by atoms with Gasteiger partial charge in [-0.3, -0.25) is 4.57 Å². The highest BCUT2D eigenvalue weighted by molar-refractivity contribution is 5.83. The largest absolute Gasteiger partial charge is 0.508 e. The van der Waals surface area contributed by atoms with Gasteiger partial charge in [0, 0.05) is 0 Å². The van der Waals surface area contributed by atoms with Crippen molar-refractivity contribution in [3.63, 3.8) is 0 Å². The zero-order chi connectivity index (χ0) is 20.5. The Kier molecular flexibility index (Phi) is 5.33. The topological polar surface area (TPSA) is 146 Å². The highest BCUT2D eigenvalue weighted by Gasteiger charge is 2.44. The molecule has 0 saturated carbocycles. The number of benzene rings is 1. The number of aromatic nitrogens is 4. The number of anilines is 1. The fraction of sp³-hybridized carbons (Fsp3) is 0.421. The molecule has 3 unspecified atom stereocenters. The summed E-state index contributed by atoms with van der Waals surface area (Å²) in [5.41, 5.74) is 1.90. The van der Waals surface area contributed by atoms with Gasteiger partial charge in [-0.2, -0.15) is 0 Å². The smallest absolute Gasteiger partial charge is 0.167 e. The summed E-state index contributed by atoms with van der Waals surface area (Å²) in [6.45, 7) is 1.62. The van der Waals surface area contributed by atoms with Crippen molar-refractivity contribution in [1.29, 1.82) is 0 Å². The molecule has 0 bridgehead atoms. The van der Waals surface area contributed by atoms with Crippen LogP contribution < -0.4 is 5.32 Å². The highest BCUT2D eigenvalue weighted by atomic mass is 16.6. The minimum absolute atomic E-state index is 0.0623. The highest BCUT2D eigenvalue weighted by Crippen LogP contribution is 2.33. The average molecular weight is 401 g/mol. The van der Waals surface area contributed by atoms with Gasteiger partial charge in [-0.1, -0.05) is 19.1 Å². The summed E-state index contributed by atoms with van der Waals surface area (Å²) < 4.78 is 7.10. The maximum atomic E-state index is 10.3. The van der Waals surface area contributed by atoms with Crippen LogP contribution in [0.3, 0.4) is 0 Å².